The summed E-state index contributed by atoms with van der Waals surface area (Å²) in [6, 6.07) is 14.2. The van der Waals surface area contributed by atoms with E-state index < -0.39 is 17.7 Å². The number of ether oxygens (including phenoxy) is 2. The zero-order valence-electron chi connectivity index (χ0n) is 17.7. The first-order valence-corrected chi connectivity index (χ1v) is 11.3. The molecule has 0 aliphatic heterocycles. The van der Waals surface area contributed by atoms with Crippen LogP contribution >= 0.6 is 31.9 Å². The van der Waals surface area contributed by atoms with Crippen molar-refractivity contribution in [1.29, 1.82) is 0 Å². The van der Waals surface area contributed by atoms with E-state index in [1.807, 2.05) is 32.0 Å². The van der Waals surface area contributed by atoms with Gasteiger partial charge in [-0.2, -0.15) is 5.10 Å². The van der Waals surface area contributed by atoms with Gasteiger partial charge in [0.2, 0.25) is 0 Å². The molecule has 3 aromatic carbocycles. The maximum Gasteiger partial charge on any atom is 0.343 e. The van der Waals surface area contributed by atoms with E-state index in [1.54, 1.807) is 12.1 Å². The molecule has 3 aromatic rings. The van der Waals surface area contributed by atoms with Crippen LogP contribution in [0.15, 0.2) is 68.6 Å². The topological polar surface area (TPSA) is 77.0 Å². The minimum absolute atomic E-state index is 0.0599. The lowest BCUT2D eigenvalue weighted by Gasteiger charge is -2.11. The van der Waals surface area contributed by atoms with E-state index >= 15 is 0 Å². The first-order chi connectivity index (χ1) is 15.7. The van der Waals surface area contributed by atoms with Gasteiger partial charge in [-0.1, -0.05) is 40.2 Å². The molecule has 0 heterocycles. The molecule has 0 saturated heterocycles. The fraction of sp³-hybridized carbons (Fsp3) is 0.125. The fourth-order valence-corrected chi connectivity index (χ4v) is 4.26. The number of hydrogen-bond donors (Lipinski definition) is 1. The Morgan fingerprint density at radius 1 is 1.03 bits per heavy atom. The molecule has 0 unspecified atom stereocenters. The average Bonchev–Trinajstić information content (AvgIpc) is 2.75. The van der Waals surface area contributed by atoms with Gasteiger partial charge in [-0.3, -0.25) is 4.79 Å². The highest BCUT2D eigenvalue weighted by Crippen LogP contribution is 2.32. The minimum atomic E-state index is -0.738. The molecule has 0 saturated carbocycles. The molecule has 9 heteroatoms. The Kier molecular flexibility index (Phi) is 8.35. The van der Waals surface area contributed by atoms with Crippen LogP contribution in [0.5, 0.6) is 11.5 Å². The predicted octanol–water partition coefficient (Wildman–Crippen LogP) is 5.72. The third-order valence-electron chi connectivity index (χ3n) is 4.44. The highest BCUT2D eigenvalue weighted by molar-refractivity contribution is 9.11. The van der Waals surface area contributed by atoms with Crippen molar-refractivity contribution in [2.45, 2.75) is 13.8 Å². The molecule has 170 valence electrons. The fourth-order valence-electron chi connectivity index (χ4n) is 2.92. The van der Waals surface area contributed by atoms with Crippen LogP contribution in [0.1, 0.15) is 27.0 Å². The van der Waals surface area contributed by atoms with Gasteiger partial charge in [-0.25, -0.2) is 14.6 Å². The summed E-state index contributed by atoms with van der Waals surface area (Å²) in [6.07, 6.45) is 1.33. The summed E-state index contributed by atoms with van der Waals surface area (Å²) in [5.41, 5.74) is 4.70. The lowest BCUT2D eigenvalue weighted by atomic mass is 10.1. The molecule has 1 N–H and O–H groups in total. The van der Waals surface area contributed by atoms with Crippen LogP contribution < -0.4 is 14.9 Å². The molecule has 1 amide bonds. The maximum absolute atomic E-state index is 13.4. The molecule has 0 aliphatic rings. The number of esters is 1. The summed E-state index contributed by atoms with van der Waals surface area (Å²) in [5.74, 6) is -0.928. The number of aryl methyl sites for hydroxylation is 2. The van der Waals surface area contributed by atoms with Gasteiger partial charge >= 0.3 is 5.97 Å². The first-order valence-electron chi connectivity index (χ1n) is 9.72. The summed E-state index contributed by atoms with van der Waals surface area (Å²) in [5, 5.41) is 3.94. The van der Waals surface area contributed by atoms with E-state index in [-0.39, 0.29) is 17.9 Å². The highest BCUT2D eigenvalue weighted by atomic mass is 79.9. The Morgan fingerprint density at radius 2 is 1.73 bits per heavy atom. The van der Waals surface area contributed by atoms with Gasteiger partial charge in [-0.05, 0) is 71.2 Å². The van der Waals surface area contributed by atoms with Crippen molar-refractivity contribution in [1.82, 2.24) is 5.43 Å². The van der Waals surface area contributed by atoms with E-state index in [4.69, 9.17) is 9.47 Å². The normalized spacial score (nSPS) is 10.8. The largest absolute Gasteiger partial charge is 0.483 e. The number of nitrogens with zero attached hydrogens (tertiary/aromatic N) is 1. The number of para-hydroxylation sites is 1. The molecule has 0 fully saturated rings. The standard InChI is InChI=1S/C24H19Br2FN2O4/c1-14-5-3-6-15(2)22(14)32-13-21(30)29-28-12-17-9-18(25)11-20(26)23(17)33-24(31)16-7-4-8-19(27)10-16/h3-12H,13H2,1-2H3,(H,29,30)/b28-12+. The smallest absolute Gasteiger partial charge is 0.343 e. The number of rotatable bonds is 7. The van der Waals surface area contributed by atoms with Gasteiger partial charge < -0.3 is 9.47 Å². The summed E-state index contributed by atoms with van der Waals surface area (Å²) >= 11 is 6.71. The van der Waals surface area contributed by atoms with Gasteiger partial charge in [0, 0.05) is 10.0 Å². The molecule has 0 bridgehead atoms. The van der Waals surface area contributed by atoms with Crippen LogP contribution in [0, 0.1) is 19.7 Å². The Bertz CT molecular complexity index is 1210. The second kappa shape index (κ2) is 11.2. The molecule has 6 nitrogen and oxygen atoms in total. The highest BCUT2D eigenvalue weighted by Gasteiger charge is 2.16. The maximum atomic E-state index is 13.4. The lowest BCUT2D eigenvalue weighted by Crippen LogP contribution is -2.25. The second-order valence-electron chi connectivity index (χ2n) is 7.01. The van der Waals surface area contributed by atoms with E-state index in [1.165, 1.54) is 24.4 Å². The monoisotopic (exact) mass is 576 g/mol. The van der Waals surface area contributed by atoms with Crippen molar-refractivity contribution in [3.05, 3.63) is 91.6 Å². The molecule has 0 aliphatic carbocycles. The summed E-state index contributed by atoms with van der Waals surface area (Å²) in [4.78, 5) is 24.6. The summed E-state index contributed by atoms with van der Waals surface area (Å²) in [6.45, 7) is 3.58. The van der Waals surface area contributed by atoms with Gasteiger partial charge in [-0.15, -0.1) is 0 Å². The first kappa shape index (κ1) is 24.6. The van der Waals surface area contributed by atoms with Crippen LogP contribution in [0.2, 0.25) is 0 Å². The number of hydrogen-bond acceptors (Lipinski definition) is 5. The molecule has 0 atom stereocenters. The third-order valence-corrected chi connectivity index (χ3v) is 5.49. The second-order valence-corrected chi connectivity index (χ2v) is 8.78. The molecule has 0 aromatic heterocycles. The Balaban J connectivity index is 1.69. The van der Waals surface area contributed by atoms with Crippen LogP contribution in [0.3, 0.4) is 0 Å². The number of hydrazone groups is 1. The van der Waals surface area contributed by atoms with Gasteiger partial charge in [0.15, 0.2) is 12.4 Å². The van der Waals surface area contributed by atoms with Crippen LogP contribution in [0.4, 0.5) is 4.39 Å². The zero-order chi connectivity index (χ0) is 24.0. The van der Waals surface area contributed by atoms with Crippen LogP contribution in [-0.2, 0) is 4.79 Å². The number of carbonyl (C=O) groups excluding carboxylic acids is 2. The van der Waals surface area contributed by atoms with Gasteiger partial charge in [0.05, 0.1) is 16.3 Å². The minimum Gasteiger partial charge on any atom is -0.483 e. The number of benzene rings is 3. The van der Waals surface area contributed by atoms with E-state index in [9.17, 15) is 14.0 Å². The van der Waals surface area contributed by atoms with Gasteiger partial charge in [0.1, 0.15) is 11.6 Å². The van der Waals surface area contributed by atoms with E-state index in [0.717, 1.165) is 17.2 Å². The molecule has 33 heavy (non-hydrogen) atoms. The quantitative estimate of drug-likeness (QED) is 0.169. The number of carbonyl (C=O) groups is 2. The van der Waals surface area contributed by atoms with Crippen molar-refractivity contribution < 1.29 is 23.5 Å². The van der Waals surface area contributed by atoms with E-state index in [0.29, 0.717) is 20.3 Å². The third kappa shape index (κ3) is 6.72. The van der Waals surface area contributed by atoms with Crippen molar-refractivity contribution in [2.24, 2.45) is 5.10 Å². The molecular weight excluding hydrogens is 559 g/mol. The van der Waals surface area contributed by atoms with Crippen molar-refractivity contribution in [3.8, 4) is 11.5 Å². The predicted molar refractivity (Wildman–Crippen MR) is 130 cm³/mol. The van der Waals surface area contributed by atoms with E-state index in [2.05, 4.69) is 42.4 Å². The van der Waals surface area contributed by atoms with Crippen LogP contribution in [0.25, 0.3) is 0 Å². The summed E-state index contributed by atoms with van der Waals surface area (Å²) < 4.78 is 25.7. The molecule has 0 radical (unpaired) electrons. The number of halogens is 3. The number of amides is 1. The SMILES string of the molecule is Cc1cccc(C)c1OCC(=O)N/N=C/c1cc(Br)cc(Br)c1OC(=O)c1cccc(F)c1. The Labute approximate surface area is 207 Å². The summed E-state index contributed by atoms with van der Waals surface area (Å²) in [7, 11) is 0. The van der Waals surface area contributed by atoms with Crippen LogP contribution in [-0.4, -0.2) is 24.7 Å². The molecular formula is C24H19Br2FN2O4. The van der Waals surface area contributed by atoms with Gasteiger partial charge in [0.25, 0.3) is 5.91 Å². The Hall–Kier alpha value is -3.04. The molecule has 3 rings (SSSR count). The van der Waals surface area contributed by atoms with Crippen molar-refractivity contribution >= 4 is 50.0 Å². The lowest BCUT2D eigenvalue weighted by molar-refractivity contribution is -0.123. The zero-order valence-corrected chi connectivity index (χ0v) is 20.9. The van der Waals surface area contributed by atoms with Crippen molar-refractivity contribution in [3.63, 3.8) is 0 Å². The molecule has 0 spiro atoms. The average molecular weight is 578 g/mol. The number of nitrogens with one attached hydrogen (secondary N) is 1. The Morgan fingerprint density at radius 3 is 2.42 bits per heavy atom. The van der Waals surface area contributed by atoms with Crippen molar-refractivity contribution in [2.75, 3.05) is 6.61 Å².